The summed E-state index contributed by atoms with van der Waals surface area (Å²) >= 11 is 12.1. The van der Waals surface area contributed by atoms with E-state index in [1.807, 2.05) is 0 Å². The van der Waals surface area contributed by atoms with Crippen LogP contribution in [-0.4, -0.2) is 19.9 Å². The Balaban J connectivity index is 2.34. The van der Waals surface area contributed by atoms with Crippen LogP contribution in [0.25, 0.3) is 0 Å². The Labute approximate surface area is 128 Å². The van der Waals surface area contributed by atoms with Gasteiger partial charge in [-0.15, -0.1) is 10.2 Å². The average molecular weight is 314 g/mol. The van der Waals surface area contributed by atoms with Gasteiger partial charge >= 0.3 is 0 Å². The van der Waals surface area contributed by atoms with E-state index in [0.29, 0.717) is 23.0 Å². The van der Waals surface area contributed by atoms with Gasteiger partial charge in [0.15, 0.2) is 0 Å². The second-order valence-corrected chi connectivity index (χ2v) is 5.80. The molecular weight excluding hydrogens is 297 g/mol. The lowest BCUT2D eigenvalue weighted by Gasteiger charge is -2.29. The van der Waals surface area contributed by atoms with Gasteiger partial charge in [-0.3, -0.25) is 0 Å². The molecule has 0 fully saturated rings. The van der Waals surface area contributed by atoms with E-state index >= 15 is 0 Å². The fourth-order valence-corrected chi connectivity index (χ4v) is 2.74. The third-order valence-electron chi connectivity index (χ3n) is 3.25. The Hall–Kier alpha value is -1.10. The highest BCUT2D eigenvalue weighted by Crippen LogP contribution is 2.33. The third kappa shape index (κ3) is 3.72. The van der Waals surface area contributed by atoms with E-state index < -0.39 is 5.60 Å². The molecule has 1 aromatic carbocycles. The molecule has 1 heterocycles. The Morgan fingerprint density at radius 2 is 1.75 bits per heavy atom. The predicted octanol–water partition coefficient (Wildman–Crippen LogP) is 3.66. The van der Waals surface area contributed by atoms with Crippen LogP contribution in [0.4, 0.5) is 0 Å². The second kappa shape index (κ2) is 6.57. The van der Waals surface area contributed by atoms with E-state index in [2.05, 4.69) is 17.1 Å². The summed E-state index contributed by atoms with van der Waals surface area (Å²) in [5.41, 5.74) is -0.315. The standard InChI is InChI=1S/C14H17Cl2N3O/c1-2-3-4-14(20,8-19-9-17-18-10-19)11-5-12(15)7-13(16)6-11/h5-7,9-10,20H,2-4,8H2,1H3. The summed E-state index contributed by atoms with van der Waals surface area (Å²) in [6, 6.07) is 5.17. The maximum Gasteiger partial charge on any atom is 0.119 e. The number of aliphatic hydroxyl groups is 1. The lowest BCUT2D eigenvalue weighted by molar-refractivity contribution is 0.00740. The first kappa shape index (κ1) is 15.3. The topological polar surface area (TPSA) is 50.9 Å². The molecule has 2 aromatic rings. The molecule has 0 saturated carbocycles. The Morgan fingerprint density at radius 3 is 2.30 bits per heavy atom. The third-order valence-corrected chi connectivity index (χ3v) is 3.69. The Morgan fingerprint density at radius 1 is 1.15 bits per heavy atom. The summed E-state index contributed by atoms with van der Waals surface area (Å²) in [6.45, 7) is 2.46. The number of unbranched alkanes of at least 4 members (excludes halogenated alkanes) is 1. The van der Waals surface area contributed by atoms with Crippen molar-refractivity contribution in [1.82, 2.24) is 14.8 Å². The smallest absolute Gasteiger partial charge is 0.119 e. The van der Waals surface area contributed by atoms with Crippen LogP contribution in [0.5, 0.6) is 0 Å². The van der Waals surface area contributed by atoms with Gasteiger partial charge in [-0.25, -0.2) is 0 Å². The molecule has 1 atom stereocenters. The van der Waals surface area contributed by atoms with Gasteiger partial charge in [0, 0.05) is 10.0 Å². The van der Waals surface area contributed by atoms with Gasteiger partial charge in [0.2, 0.25) is 0 Å². The monoisotopic (exact) mass is 313 g/mol. The first-order chi connectivity index (χ1) is 9.53. The number of hydrogen-bond acceptors (Lipinski definition) is 3. The van der Waals surface area contributed by atoms with Gasteiger partial charge in [-0.05, 0) is 30.2 Å². The molecule has 2 rings (SSSR count). The molecule has 4 nitrogen and oxygen atoms in total. The lowest BCUT2D eigenvalue weighted by Crippen LogP contribution is -2.31. The quantitative estimate of drug-likeness (QED) is 0.885. The van der Waals surface area contributed by atoms with Crippen LogP contribution in [0.3, 0.4) is 0 Å². The molecule has 1 aromatic heterocycles. The van der Waals surface area contributed by atoms with E-state index in [4.69, 9.17) is 23.2 Å². The summed E-state index contributed by atoms with van der Waals surface area (Å²) < 4.78 is 1.75. The van der Waals surface area contributed by atoms with Gasteiger partial charge in [0.25, 0.3) is 0 Å². The fourth-order valence-electron chi connectivity index (χ4n) is 2.21. The van der Waals surface area contributed by atoms with Crippen LogP contribution in [0.2, 0.25) is 10.0 Å². The maximum absolute atomic E-state index is 11.0. The van der Waals surface area contributed by atoms with Crippen LogP contribution in [-0.2, 0) is 12.1 Å². The minimum atomic E-state index is -1.03. The van der Waals surface area contributed by atoms with Crippen molar-refractivity contribution < 1.29 is 5.11 Å². The van der Waals surface area contributed by atoms with Gasteiger partial charge < -0.3 is 9.67 Å². The van der Waals surface area contributed by atoms with E-state index in [9.17, 15) is 5.11 Å². The second-order valence-electron chi connectivity index (χ2n) is 4.93. The number of halogens is 2. The van der Waals surface area contributed by atoms with Crippen molar-refractivity contribution in [3.05, 3.63) is 46.5 Å². The van der Waals surface area contributed by atoms with Crippen LogP contribution >= 0.6 is 23.2 Å². The summed E-state index contributed by atoms with van der Waals surface area (Å²) in [5.74, 6) is 0. The summed E-state index contributed by atoms with van der Waals surface area (Å²) in [6.07, 6.45) is 5.70. The van der Waals surface area contributed by atoms with Crippen LogP contribution < -0.4 is 0 Å². The molecule has 0 aliphatic heterocycles. The zero-order valence-electron chi connectivity index (χ0n) is 11.3. The number of nitrogens with zero attached hydrogens (tertiary/aromatic N) is 3. The highest BCUT2D eigenvalue weighted by molar-refractivity contribution is 6.34. The maximum atomic E-state index is 11.0. The minimum absolute atomic E-state index is 0.372. The van der Waals surface area contributed by atoms with Crippen LogP contribution in [0.15, 0.2) is 30.9 Å². The number of rotatable bonds is 6. The largest absolute Gasteiger partial charge is 0.383 e. The van der Waals surface area contributed by atoms with E-state index in [0.717, 1.165) is 18.4 Å². The Bertz CT molecular complexity index is 539. The molecule has 0 spiro atoms. The molecule has 0 radical (unpaired) electrons. The molecule has 0 aliphatic rings. The molecular formula is C14H17Cl2N3O. The number of hydrogen-bond donors (Lipinski definition) is 1. The van der Waals surface area contributed by atoms with Crippen molar-refractivity contribution in [1.29, 1.82) is 0 Å². The van der Waals surface area contributed by atoms with E-state index in [1.165, 1.54) is 0 Å². The van der Waals surface area contributed by atoms with Crippen molar-refractivity contribution in [2.24, 2.45) is 0 Å². The highest BCUT2D eigenvalue weighted by atomic mass is 35.5. The molecule has 108 valence electrons. The van der Waals surface area contributed by atoms with Crippen LogP contribution in [0, 0.1) is 0 Å². The minimum Gasteiger partial charge on any atom is -0.383 e. The van der Waals surface area contributed by atoms with Gasteiger partial charge in [-0.1, -0.05) is 43.0 Å². The zero-order valence-corrected chi connectivity index (χ0v) is 12.8. The van der Waals surface area contributed by atoms with Crippen LogP contribution in [0.1, 0.15) is 31.7 Å². The predicted molar refractivity (Wildman–Crippen MR) is 79.9 cm³/mol. The first-order valence-electron chi connectivity index (χ1n) is 6.55. The van der Waals surface area contributed by atoms with E-state index in [-0.39, 0.29) is 0 Å². The van der Waals surface area contributed by atoms with Crippen molar-refractivity contribution >= 4 is 23.2 Å². The lowest BCUT2D eigenvalue weighted by atomic mass is 9.88. The van der Waals surface area contributed by atoms with Gasteiger partial charge in [0.1, 0.15) is 18.3 Å². The molecule has 6 heteroatoms. The molecule has 0 saturated heterocycles. The van der Waals surface area contributed by atoms with Crippen molar-refractivity contribution in [2.75, 3.05) is 0 Å². The van der Waals surface area contributed by atoms with Crippen molar-refractivity contribution in [2.45, 2.75) is 38.3 Å². The van der Waals surface area contributed by atoms with Crippen molar-refractivity contribution in [3.63, 3.8) is 0 Å². The average Bonchev–Trinajstić information content (AvgIpc) is 2.88. The normalized spacial score (nSPS) is 14.2. The SMILES string of the molecule is CCCCC(O)(Cn1cnnc1)c1cc(Cl)cc(Cl)c1. The van der Waals surface area contributed by atoms with Crippen molar-refractivity contribution in [3.8, 4) is 0 Å². The molecule has 1 N–H and O–H groups in total. The Kier molecular flexibility index (Phi) is 5.02. The summed E-state index contributed by atoms with van der Waals surface area (Å²) in [5, 5.41) is 19.6. The molecule has 0 bridgehead atoms. The zero-order chi connectivity index (χ0) is 14.6. The molecule has 0 aliphatic carbocycles. The highest BCUT2D eigenvalue weighted by Gasteiger charge is 2.30. The fraction of sp³-hybridized carbons (Fsp3) is 0.429. The number of benzene rings is 1. The van der Waals surface area contributed by atoms with E-state index in [1.54, 1.807) is 35.4 Å². The first-order valence-corrected chi connectivity index (χ1v) is 7.30. The summed E-state index contributed by atoms with van der Waals surface area (Å²) in [7, 11) is 0. The summed E-state index contributed by atoms with van der Waals surface area (Å²) in [4.78, 5) is 0. The molecule has 1 unspecified atom stereocenters. The van der Waals surface area contributed by atoms with Gasteiger partial charge in [-0.2, -0.15) is 0 Å². The van der Waals surface area contributed by atoms with Gasteiger partial charge in [0.05, 0.1) is 6.54 Å². The number of aromatic nitrogens is 3. The molecule has 0 amide bonds. The molecule has 20 heavy (non-hydrogen) atoms.